The average Bonchev–Trinajstić information content (AvgIpc) is 3.92. The zero-order valence-electron chi connectivity index (χ0n) is 37.8. The van der Waals surface area contributed by atoms with Gasteiger partial charge in [-0.2, -0.15) is 0 Å². The van der Waals surface area contributed by atoms with Crippen molar-refractivity contribution in [2.75, 3.05) is 4.90 Å². The minimum Gasteiger partial charge on any atom is -0.310 e. The van der Waals surface area contributed by atoms with Gasteiger partial charge in [0.15, 0.2) is 0 Å². The number of hydrogen-bond donors (Lipinski definition) is 0. The summed E-state index contributed by atoms with van der Waals surface area (Å²) < 4.78 is 2.52. The quantitative estimate of drug-likeness (QED) is 0.155. The summed E-state index contributed by atoms with van der Waals surface area (Å²) >= 11 is 0. The van der Waals surface area contributed by atoms with Gasteiger partial charge in [-0.05, 0) is 127 Å². The third-order valence-corrected chi connectivity index (χ3v) is 14.8. The van der Waals surface area contributed by atoms with E-state index in [0.717, 1.165) is 22.6 Å². The van der Waals surface area contributed by atoms with E-state index in [1.54, 1.807) is 0 Å². The van der Waals surface area contributed by atoms with Crippen LogP contribution < -0.4 is 4.90 Å². The Balaban J connectivity index is 0.934. The predicted molar refractivity (Wildman–Crippen MR) is 288 cm³/mol. The zero-order chi connectivity index (χ0) is 45.5. The number of anilines is 3. The van der Waals surface area contributed by atoms with Crippen molar-refractivity contribution in [1.82, 2.24) is 4.57 Å². The van der Waals surface area contributed by atoms with Gasteiger partial charge < -0.3 is 9.47 Å². The van der Waals surface area contributed by atoms with E-state index in [1.165, 1.54) is 99.8 Å². The summed E-state index contributed by atoms with van der Waals surface area (Å²) in [4.78, 5) is 2.42. The molecular weight excluding hydrogens is 833 g/mol. The van der Waals surface area contributed by atoms with Crippen molar-refractivity contribution in [3.63, 3.8) is 0 Å². The van der Waals surface area contributed by atoms with Crippen molar-refractivity contribution >= 4 is 38.9 Å². The molecule has 11 aromatic carbocycles. The second-order valence-corrected chi connectivity index (χ2v) is 18.4. The molecule has 1 atom stereocenters. The van der Waals surface area contributed by atoms with Gasteiger partial charge >= 0.3 is 0 Å². The molecule has 0 fully saturated rings. The topological polar surface area (TPSA) is 8.17 Å². The molecule has 0 amide bonds. The molecule has 69 heavy (non-hydrogen) atoms. The third kappa shape index (κ3) is 5.92. The molecule has 0 bridgehead atoms. The minimum atomic E-state index is -0.509. The van der Waals surface area contributed by atoms with Crippen LogP contribution in [0.25, 0.3) is 83.1 Å². The summed E-state index contributed by atoms with van der Waals surface area (Å²) in [6, 6.07) is 98.5. The van der Waals surface area contributed by atoms with Crippen molar-refractivity contribution in [1.29, 1.82) is 0 Å². The second-order valence-electron chi connectivity index (χ2n) is 18.4. The highest BCUT2D eigenvalue weighted by Crippen LogP contribution is 2.61. The number of nitrogens with zero attached hydrogens (tertiary/aromatic N) is 2. The van der Waals surface area contributed by atoms with Crippen molar-refractivity contribution < 1.29 is 0 Å². The van der Waals surface area contributed by atoms with Crippen LogP contribution in [0.3, 0.4) is 0 Å². The van der Waals surface area contributed by atoms with Crippen LogP contribution >= 0.6 is 0 Å². The van der Waals surface area contributed by atoms with E-state index in [9.17, 15) is 0 Å². The Morgan fingerprint density at radius 3 is 1.64 bits per heavy atom. The maximum atomic E-state index is 2.52. The van der Waals surface area contributed by atoms with Crippen LogP contribution in [0.4, 0.5) is 17.1 Å². The Morgan fingerprint density at radius 1 is 0.290 bits per heavy atom. The zero-order valence-corrected chi connectivity index (χ0v) is 37.8. The standard InChI is InChI=1S/C67H44N2/c1-3-18-45(19-4-1)48-22-15-24-51(42-48)54-26-8-12-33-63(54)68(53-25-16-23-49(43-53)46-20-5-2-6-21-46)52-39-36-47(37-40-52)50-38-41-56-55-27-7-10-30-59(55)67(62(56)44-50)60-31-11-14-35-65(60)69-64-34-13-9-28-57(64)58-29-17-32-61(67)66(58)69/h1-44H. The van der Waals surface area contributed by atoms with E-state index in [0.29, 0.717) is 0 Å². The summed E-state index contributed by atoms with van der Waals surface area (Å²) in [5.41, 5.74) is 23.9. The third-order valence-electron chi connectivity index (χ3n) is 14.8. The van der Waals surface area contributed by atoms with E-state index in [4.69, 9.17) is 0 Å². The van der Waals surface area contributed by atoms with Crippen LogP contribution in [-0.4, -0.2) is 4.57 Å². The molecule has 2 heterocycles. The van der Waals surface area contributed by atoms with E-state index in [1.807, 2.05) is 0 Å². The van der Waals surface area contributed by atoms with Crippen LogP contribution in [0.15, 0.2) is 267 Å². The summed E-state index contributed by atoms with van der Waals surface area (Å²) in [5.74, 6) is 0. The van der Waals surface area contributed by atoms with Crippen molar-refractivity contribution in [2.24, 2.45) is 0 Å². The van der Waals surface area contributed by atoms with Gasteiger partial charge in [-0.3, -0.25) is 0 Å². The molecule has 0 N–H and O–H groups in total. The molecule has 0 saturated carbocycles. The molecule has 14 rings (SSSR count). The minimum absolute atomic E-state index is 0.509. The Morgan fingerprint density at radius 2 is 0.826 bits per heavy atom. The number of fused-ring (bicyclic) bond motifs is 12. The summed E-state index contributed by atoms with van der Waals surface area (Å²) in [6.07, 6.45) is 0. The molecule has 12 aromatic rings. The van der Waals surface area contributed by atoms with Crippen LogP contribution in [0.2, 0.25) is 0 Å². The van der Waals surface area contributed by atoms with Gasteiger partial charge in [0.25, 0.3) is 0 Å². The average molecular weight is 877 g/mol. The van der Waals surface area contributed by atoms with E-state index >= 15 is 0 Å². The second kappa shape index (κ2) is 15.6. The Bertz CT molecular complexity index is 3960. The van der Waals surface area contributed by atoms with Crippen molar-refractivity contribution in [3.8, 4) is 61.3 Å². The van der Waals surface area contributed by atoms with E-state index < -0.39 is 5.41 Å². The highest BCUT2D eigenvalue weighted by Gasteiger charge is 2.50. The van der Waals surface area contributed by atoms with E-state index in [-0.39, 0.29) is 0 Å². The number of aromatic nitrogens is 1. The van der Waals surface area contributed by atoms with Crippen molar-refractivity contribution in [3.05, 3.63) is 289 Å². The van der Waals surface area contributed by atoms with E-state index in [2.05, 4.69) is 276 Å². The molecule has 1 aliphatic carbocycles. The van der Waals surface area contributed by atoms with Gasteiger partial charge in [0, 0.05) is 27.7 Å². The fourth-order valence-electron chi connectivity index (χ4n) is 11.8. The fraction of sp³-hybridized carbons (Fsp3) is 0.0149. The summed E-state index contributed by atoms with van der Waals surface area (Å²) in [6.45, 7) is 0. The Hall–Kier alpha value is -8.98. The maximum Gasteiger partial charge on any atom is 0.0754 e. The molecule has 322 valence electrons. The first-order valence-electron chi connectivity index (χ1n) is 23.9. The number of hydrogen-bond acceptors (Lipinski definition) is 1. The molecule has 2 aliphatic rings. The van der Waals surface area contributed by atoms with Gasteiger partial charge in [-0.15, -0.1) is 0 Å². The largest absolute Gasteiger partial charge is 0.310 e. The normalized spacial score (nSPS) is 14.1. The van der Waals surface area contributed by atoms with Crippen molar-refractivity contribution in [2.45, 2.75) is 5.41 Å². The lowest BCUT2D eigenvalue weighted by Gasteiger charge is -2.39. The molecule has 0 radical (unpaired) electrons. The van der Waals surface area contributed by atoms with Gasteiger partial charge in [-0.25, -0.2) is 0 Å². The summed E-state index contributed by atoms with van der Waals surface area (Å²) in [7, 11) is 0. The molecule has 1 unspecified atom stereocenters. The van der Waals surface area contributed by atoms with Crippen LogP contribution in [0, 0.1) is 0 Å². The molecule has 1 aliphatic heterocycles. The lowest BCUT2D eigenvalue weighted by molar-refractivity contribution is 0.749. The molecule has 1 aromatic heterocycles. The molecule has 2 nitrogen and oxygen atoms in total. The van der Waals surface area contributed by atoms with Crippen LogP contribution in [0.5, 0.6) is 0 Å². The first kappa shape index (κ1) is 39.2. The SMILES string of the molecule is c1ccc(-c2cccc(-c3ccccc3N(c3ccc(-c4ccc5c(c4)C4(c6ccccc6-5)c5ccccc5-n5c6ccccc6c6cccc4c65)cc3)c3cccc(-c4ccccc4)c3)c2)cc1. The Labute approximate surface area is 402 Å². The van der Waals surface area contributed by atoms with Gasteiger partial charge in [0.05, 0.1) is 27.8 Å². The molecule has 1 spiro atoms. The predicted octanol–water partition coefficient (Wildman–Crippen LogP) is 17.6. The molecule has 0 saturated heterocycles. The highest BCUT2D eigenvalue weighted by atomic mass is 15.1. The lowest BCUT2D eigenvalue weighted by Crippen LogP contribution is -2.33. The number of para-hydroxylation sites is 4. The van der Waals surface area contributed by atoms with Gasteiger partial charge in [-0.1, -0.05) is 212 Å². The first-order chi connectivity index (χ1) is 34.2. The molecule has 2 heteroatoms. The lowest BCUT2D eigenvalue weighted by atomic mass is 9.65. The van der Waals surface area contributed by atoms with Gasteiger partial charge in [0.2, 0.25) is 0 Å². The highest BCUT2D eigenvalue weighted by molar-refractivity contribution is 6.13. The Kier molecular flexibility index (Phi) is 8.84. The number of rotatable bonds is 7. The fourth-order valence-corrected chi connectivity index (χ4v) is 11.8. The smallest absolute Gasteiger partial charge is 0.0754 e. The summed E-state index contributed by atoms with van der Waals surface area (Å²) in [5, 5.41) is 2.57. The number of benzene rings is 11. The van der Waals surface area contributed by atoms with Crippen LogP contribution in [0.1, 0.15) is 22.3 Å². The van der Waals surface area contributed by atoms with Gasteiger partial charge in [0.1, 0.15) is 0 Å². The first-order valence-corrected chi connectivity index (χ1v) is 23.9. The maximum absolute atomic E-state index is 2.52. The van der Waals surface area contributed by atoms with Crippen LogP contribution in [-0.2, 0) is 5.41 Å². The monoisotopic (exact) mass is 876 g/mol. The molecular formula is C67H44N2.